The SMILES string of the molecule is C1CCOC1.CCC/C(C(=O)c1nc(OC[C@@H]2C(C)CCN2C)c2c(n1)[nH]c(=O)n2C)=C(/N)C1CCCc2sc(N)c(C#N)c21. The zero-order valence-electron chi connectivity index (χ0n) is 26.6. The number of aryl methyl sites for hydroxylation is 2. The smallest absolute Gasteiger partial charge is 0.327 e. The molecular formula is C32H44N8O4S. The normalized spacial score (nSPS) is 22.0. The predicted octanol–water partition coefficient (Wildman–Crippen LogP) is 4.00. The molecule has 5 N–H and O–H groups in total. The van der Waals surface area contributed by atoms with Gasteiger partial charge in [-0.05, 0) is 70.0 Å². The number of hydrogen-bond donors (Lipinski definition) is 3. The highest BCUT2D eigenvalue weighted by Gasteiger charge is 2.33. The van der Waals surface area contributed by atoms with Gasteiger partial charge < -0.3 is 20.9 Å². The van der Waals surface area contributed by atoms with E-state index in [1.807, 2.05) is 6.92 Å². The number of H-pyrrole nitrogens is 1. The number of Topliss-reactive ketones (excluding diaryl/α,β-unsaturated/α-hetero) is 1. The van der Waals surface area contributed by atoms with Crippen molar-refractivity contribution in [1.82, 2.24) is 24.4 Å². The van der Waals surface area contributed by atoms with Crippen molar-refractivity contribution in [2.75, 3.05) is 39.1 Å². The number of thiophene rings is 1. The molecule has 12 nitrogen and oxygen atoms in total. The number of likely N-dealkylation sites (tertiary alicyclic amines) is 1. The van der Waals surface area contributed by atoms with E-state index in [0.29, 0.717) is 52.7 Å². The van der Waals surface area contributed by atoms with Gasteiger partial charge in [-0.3, -0.25) is 19.2 Å². The van der Waals surface area contributed by atoms with Crippen molar-refractivity contribution < 1.29 is 14.3 Å². The zero-order valence-corrected chi connectivity index (χ0v) is 27.5. The Labute approximate surface area is 267 Å². The Hall–Kier alpha value is -3.73. The Morgan fingerprint density at radius 1 is 1.22 bits per heavy atom. The zero-order chi connectivity index (χ0) is 32.2. The van der Waals surface area contributed by atoms with Gasteiger partial charge in [0.2, 0.25) is 17.5 Å². The second-order valence-electron chi connectivity index (χ2n) is 12.2. The van der Waals surface area contributed by atoms with Crippen LogP contribution in [0.25, 0.3) is 11.2 Å². The summed E-state index contributed by atoms with van der Waals surface area (Å²) in [6, 6.07) is 2.43. The minimum atomic E-state index is -0.406. The molecule has 2 aliphatic heterocycles. The Morgan fingerprint density at radius 3 is 2.60 bits per heavy atom. The first-order chi connectivity index (χ1) is 21.7. The van der Waals surface area contributed by atoms with E-state index in [0.717, 1.165) is 55.9 Å². The number of aromatic amines is 1. The number of ether oxygens (including phenoxy) is 2. The van der Waals surface area contributed by atoms with Crippen LogP contribution in [-0.4, -0.2) is 69.7 Å². The van der Waals surface area contributed by atoms with E-state index in [-0.39, 0.29) is 35.0 Å². The lowest BCUT2D eigenvalue weighted by atomic mass is 9.80. The number of nitrogens with one attached hydrogen (secondary N) is 1. The third-order valence-corrected chi connectivity index (χ3v) is 10.3. The van der Waals surface area contributed by atoms with E-state index >= 15 is 0 Å². The lowest BCUT2D eigenvalue weighted by Gasteiger charge is -2.25. The van der Waals surface area contributed by atoms with Crippen molar-refractivity contribution in [2.45, 2.75) is 77.2 Å². The Bertz CT molecular complexity index is 1660. The summed E-state index contributed by atoms with van der Waals surface area (Å²) in [5, 5.41) is 10.3. The fourth-order valence-electron chi connectivity index (χ4n) is 6.57. The molecule has 0 spiro atoms. The van der Waals surface area contributed by atoms with E-state index in [9.17, 15) is 14.9 Å². The summed E-state index contributed by atoms with van der Waals surface area (Å²) in [5.41, 5.74) is 15.4. The van der Waals surface area contributed by atoms with Gasteiger partial charge in [0.05, 0.1) is 5.56 Å². The van der Waals surface area contributed by atoms with Crippen LogP contribution in [0.5, 0.6) is 5.88 Å². The van der Waals surface area contributed by atoms with E-state index < -0.39 is 5.78 Å². The van der Waals surface area contributed by atoms with Crippen LogP contribution in [0.2, 0.25) is 0 Å². The number of fused-ring (bicyclic) bond motifs is 2. The molecule has 0 bridgehead atoms. The number of nitrogen functional groups attached to an aromatic ring is 1. The molecule has 0 saturated carbocycles. The number of nitriles is 1. The molecule has 1 aliphatic carbocycles. The number of carbonyl (C=O) groups is 1. The summed E-state index contributed by atoms with van der Waals surface area (Å²) in [4.78, 5) is 41.6. The maximum atomic E-state index is 14.0. The predicted molar refractivity (Wildman–Crippen MR) is 174 cm³/mol. The molecule has 5 heterocycles. The number of nitrogens with zero attached hydrogens (tertiary/aromatic N) is 5. The summed E-state index contributed by atoms with van der Waals surface area (Å²) >= 11 is 1.43. The quantitative estimate of drug-likeness (QED) is 0.242. The van der Waals surface area contributed by atoms with E-state index in [1.165, 1.54) is 28.7 Å². The van der Waals surface area contributed by atoms with Gasteiger partial charge in [0.15, 0.2) is 11.2 Å². The highest BCUT2D eigenvalue weighted by atomic mass is 32.1. The van der Waals surface area contributed by atoms with E-state index in [4.69, 9.17) is 20.9 Å². The topological polar surface area (TPSA) is 178 Å². The van der Waals surface area contributed by atoms with Crippen molar-refractivity contribution in [3.63, 3.8) is 0 Å². The third-order valence-electron chi connectivity index (χ3n) is 9.20. The first-order valence-corrected chi connectivity index (χ1v) is 16.7. The highest BCUT2D eigenvalue weighted by molar-refractivity contribution is 7.16. The molecule has 45 heavy (non-hydrogen) atoms. The van der Waals surface area contributed by atoms with Crippen LogP contribution in [0, 0.1) is 17.2 Å². The Balaban J connectivity index is 0.000000729. The number of likely N-dealkylation sites (N-methyl/N-ethyl adjacent to an activating group) is 1. The molecule has 13 heteroatoms. The number of ketones is 1. The average Bonchev–Trinajstić information content (AvgIpc) is 3.83. The van der Waals surface area contributed by atoms with Gasteiger partial charge in [0, 0.05) is 48.4 Å². The van der Waals surface area contributed by atoms with Gasteiger partial charge in [-0.25, -0.2) is 9.78 Å². The van der Waals surface area contributed by atoms with Crippen molar-refractivity contribution in [3.05, 3.63) is 43.6 Å². The molecule has 6 rings (SSSR count). The molecule has 3 aromatic heterocycles. The highest BCUT2D eigenvalue weighted by Crippen LogP contribution is 2.45. The second-order valence-corrected chi connectivity index (χ2v) is 13.4. The van der Waals surface area contributed by atoms with Crippen LogP contribution < -0.4 is 21.9 Å². The monoisotopic (exact) mass is 636 g/mol. The molecule has 2 saturated heterocycles. The number of aromatic nitrogens is 4. The lowest BCUT2D eigenvalue weighted by Crippen LogP contribution is -2.34. The number of anilines is 1. The molecule has 0 amide bonds. The molecule has 3 aliphatic rings. The molecule has 0 aromatic carbocycles. The van der Waals surface area contributed by atoms with Gasteiger partial charge in [0.25, 0.3) is 0 Å². The van der Waals surface area contributed by atoms with Crippen molar-refractivity contribution >= 4 is 33.3 Å². The van der Waals surface area contributed by atoms with Crippen LogP contribution in [0.1, 0.15) is 91.3 Å². The maximum Gasteiger partial charge on any atom is 0.327 e. The van der Waals surface area contributed by atoms with Gasteiger partial charge in [-0.15, -0.1) is 11.3 Å². The first kappa shape index (κ1) is 32.7. The number of hydrogen-bond acceptors (Lipinski definition) is 11. The molecule has 3 atom stereocenters. The number of rotatable bonds is 8. The van der Waals surface area contributed by atoms with Gasteiger partial charge in [-0.2, -0.15) is 10.2 Å². The Kier molecular flexibility index (Phi) is 10.3. The summed E-state index contributed by atoms with van der Waals surface area (Å²) in [6.07, 6.45) is 7.17. The lowest BCUT2D eigenvalue weighted by molar-refractivity contribution is 0.101. The summed E-state index contributed by atoms with van der Waals surface area (Å²) in [5.74, 6) is -0.135. The number of imidazole rings is 1. The van der Waals surface area contributed by atoms with Gasteiger partial charge in [0.1, 0.15) is 17.7 Å². The van der Waals surface area contributed by atoms with Crippen LogP contribution in [0.15, 0.2) is 16.1 Å². The first-order valence-electron chi connectivity index (χ1n) is 15.9. The number of carbonyl (C=O) groups excluding carboxylic acids is 1. The molecule has 3 aromatic rings. The van der Waals surface area contributed by atoms with Crippen LogP contribution in [-0.2, 0) is 18.2 Å². The standard InChI is InChI=1S/C28H36N8O3S.C4H8O/c1-5-7-16(21(30)15-8-6-9-19-20(15)17(12-29)24(31)40-19)23(37)26-32-25-22(36(4)28(38)34-25)27(33-26)39-13-18-14(2)10-11-35(18)3;1-2-4-5-3-1/h14-15,18H,5-11,13,30-31H2,1-4H3,(H,32,33,34,38);1-4H2/b21-16-;/t14?,15?,18-;/m1./s1. The van der Waals surface area contributed by atoms with Crippen molar-refractivity contribution in [3.8, 4) is 11.9 Å². The largest absolute Gasteiger partial charge is 0.474 e. The fourth-order valence-corrected chi connectivity index (χ4v) is 7.69. The van der Waals surface area contributed by atoms with Crippen LogP contribution in [0.3, 0.4) is 0 Å². The van der Waals surface area contributed by atoms with Crippen LogP contribution in [0.4, 0.5) is 5.00 Å². The third kappa shape index (κ3) is 6.64. The summed E-state index contributed by atoms with van der Waals surface area (Å²) in [7, 11) is 3.68. The van der Waals surface area contributed by atoms with Crippen molar-refractivity contribution in [1.29, 1.82) is 5.26 Å². The number of allylic oxidation sites excluding steroid dienone is 2. The summed E-state index contributed by atoms with van der Waals surface area (Å²) < 4.78 is 12.5. The minimum absolute atomic E-state index is 0.0788. The maximum absolute atomic E-state index is 14.0. The summed E-state index contributed by atoms with van der Waals surface area (Å²) in [6.45, 7) is 7.52. The average molecular weight is 637 g/mol. The molecule has 2 fully saturated rings. The van der Waals surface area contributed by atoms with Gasteiger partial charge >= 0.3 is 5.69 Å². The van der Waals surface area contributed by atoms with Gasteiger partial charge in [-0.1, -0.05) is 20.3 Å². The van der Waals surface area contributed by atoms with Crippen LogP contribution >= 0.6 is 11.3 Å². The Morgan fingerprint density at radius 2 is 1.98 bits per heavy atom. The second kappa shape index (κ2) is 14.1. The molecule has 242 valence electrons. The molecule has 2 unspecified atom stereocenters. The molecule has 0 radical (unpaired) electrons. The number of nitrogens with two attached hydrogens (primary N) is 2. The van der Waals surface area contributed by atoms with E-state index in [1.54, 1.807) is 7.05 Å². The molecular weight excluding hydrogens is 592 g/mol. The van der Waals surface area contributed by atoms with Crippen molar-refractivity contribution in [2.24, 2.45) is 18.7 Å². The fraction of sp³-hybridized carbons (Fsp3) is 0.594. The minimum Gasteiger partial charge on any atom is -0.474 e. The van der Waals surface area contributed by atoms with E-state index in [2.05, 4.69) is 39.9 Å².